The first kappa shape index (κ1) is 17.6. The number of ether oxygens (including phenoxy) is 1. The quantitative estimate of drug-likeness (QED) is 0.712. The summed E-state index contributed by atoms with van der Waals surface area (Å²) in [6.45, 7) is 8.38. The molecule has 1 aliphatic heterocycles. The predicted octanol–water partition coefficient (Wildman–Crippen LogP) is 2.64. The lowest BCUT2D eigenvalue weighted by atomic mass is 9.96. The zero-order valence-electron chi connectivity index (χ0n) is 16.2. The van der Waals surface area contributed by atoms with Crippen molar-refractivity contribution in [1.29, 1.82) is 0 Å². The number of aryl methyl sites for hydroxylation is 2. The van der Waals surface area contributed by atoms with Crippen LogP contribution in [0.1, 0.15) is 23.7 Å². The molecule has 3 aromatic heterocycles. The summed E-state index contributed by atoms with van der Waals surface area (Å²) in [5.41, 5.74) is 3.71. The Kier molecular flexibility index (Phi) is 4.39. The van der Waals surface area contributed by atoms with Crippen LogP contribution in [0.15, 0.2) is 36.9 Å². The van der Waals surface area contributed by atoms with Crippen LogP contribution < -0.4 is 4.90 Å². The number of rotatable bonds is 3. The molecule has 4 heterocycles. The molecular formula is C20H24N6O. The molecule has 1 atom stereocenters. The van der Waals surface area contributed by atoms with Gasteiger partial charge in [-0.3, -0.25) is 9.67 Å². The third kappa shape index (κ3) is 3.30. The molecule has 7 nitrogen and oxygen atoms in total. The van der Waals surface area contributed by atoms with Crippen molar-refractivity contribution in [2.24, 2.45) is 7.05 Å². The van der Waals surface area contributed by atoms with Gasteiger partial charge in [0.2, 0.25) is 0 Å². The van der Waals surface area contributed by atoms with Gasteiger partial charge in [-0.05, 0) is 32.9 Å². The lowest BCUT2D eigenvalue weighted by molar-refractivity contribution is -0.0468. The fraction of sp³-hybridized carbons (Fsp3) is 0.400. The van der Waals surface area contributed by atoms with Crippen molar-refractivity contribution in [1.82, 2.24) is 24.7 Å². The molecule has 0 aliphatic carbocycles. The minimum Gasteiger partial charge on any atom is -0.367 e. The van der Waals surface area contributed by atoms with Crippen LogP contribution in [-0.2, 0) is 17.4 Å². The van der Waals surface area contributed by atoms with E-state index in [1.807, 2.05) is 43.2 Å². The van der Waals surface area contributed by atoms with Gasteiger partial charge >= 0.3 is 0 Å². The summed E-state index contributed by atoms with van der Waals surface area (Å²) in [5.74, 6) is 1.69. The van der Waals surface area contributed by atoms with Crippen molar-refractivity contribution in [2.45, 2.75) is 26.4 Å². The molecule has 0 aromatic carbocycles. The Hall–Kier alpha value is -2.80. The third-order valence-corrected chi connectivity index (χ3v) is 5.19. The average molecular weight is 364 g/mol. The lowest BCUT2D eigenvalue weighted by Gasteiger charge is -2.41. The van der Waals surface area contributed by atoms with Crippen molar-refractivity contribution < 1.29 is 4.74 Å². The molecule has 3 aromatic rings. The average Bonchev–Trinajstić information content (AvgIpc) is 3.12. The molecule has 27 heavy (non-hydrogen) atoms. The molecule has 0 spiro atoms. The van der Waals surface area contributed by atoms with Crippen molar-refractivity contribution in [2.75, 3.05) is 24.6 Å². The van der Waals surface area contributed by atoms with Gasteiger partial charge < -0.3 is 9.64 Å². The largest absolute Gasteiger partial charge is 0.367 e. The van der Waals surface area contributed by atoms with Gasteiger partial charge in [0.25, 0.3) is 0 Å². The molecule has 0 bridgehead atoms. The Labute approximate surface area is 159 Å². The van der Waals surface area contributed by atoms with E-state index in [1.54, 1.807) is 12.4 Å². The number of nitrogens with zero attached hydrogens (tertiary/aromatic N) is 6. The van der Waals surface area contributed by atoms with E-state index < -0.39 is 5.60 Å². The topological polar surface area (TPSA) is 69.0 Å². The summed E-state index contributed by atoms with van der Waals surface area (Å²) < 4.78 is 7.96. The second-order valence-electron chi connectivity index (χ2n) is 7.22. The maximum atomic E-state index is 6.15. The summed E-state index contributed by atoms with van der Waals surface area (Å²) in [5, 5.41) is 4.31. The van der Waals surface area contributed by atoms with Crippen LogP contribution in [0.5, 0.6) is 0 Å². The van der Waals surface area contributed by atoms with E-state index in [0.717, 1.165) is 40.6 Å². The standard InChI is InChI=1S/C20H24N6O/c1-14-15(2)23-18(16-5-7-21-8-6-16)24-19(14)26-9-10-27-20(3,13-26)17-11-22-25(4)12-17/h5-8,11-12H,9-10,13H2,1-4H3. The van der Waals surface area contributed by atoms with Gasteiger partial charge in [-0.2, -0.15) is 5.10 Å². The molecule has 140 valence electrons. The first-order chi connectivity index (χ1) is 13.0. The van der Waals surface area contributed by atoms with Gasteiger partial charge in [-0.1, -0.05) is 0 Å². The zero-order chi connectivity index (χ0) is 19.0. The highest BCUT2D eigenvalue weighted by atomic mass is 16.5. The van der Waals surface area contributed by atoms with E-state index in [2.05, 4.69) is 33.8 Å². The summed E-state index contributed by atoms with van der Waals surface area (Å²) >= 11 is 0. The van der Waals surface area contributed by atoms with Crippen LogP contribution in [0, 0.1) is 13.8 Å². The third-order valence-electron chi connectivity index (χ3n) is 5.19. The van der Waals surface area contributed by atoms with E-state index in [-0.39, 0.29) is 0 Å². The number of morpholine rings is 1. The molecule has 0 saturated carbocycles. The van der Waals surface area contributed by atoms with Crippen LogP contribution in [0.2, 0.25) is 0 Å². The van der Waals surface area contributed by atoms with Gasteiger partial charge in [0.1, 0.15) is 11.4 Å². The van der Waals surface area contributed by atoms with Gasteiger partial charge in [-0.25, -0.2) is 9.97 Å². The van der Waals surface area contributed by atoms with Gasteiger partial charge in [0.15, 0.2) is 5.82 Å². The molecule has 0 radical (unpaired) electrons. The maximum Gasteiger partial charge on any atom is 0.161 e. The van der Waals surface area contributed by atoms with E-state index in [0.29, 0.717) is 13.2 Å². The summed E-state index contributed by atoms with van der Waals surface area (Å²) in [6.07, 6.45) is 7.43. The number of hydrogen-bond acceptors (Lipinski definition) is 6. The number of aromatic nitrogens is 5. The van der Waals surface area contributed by atoms with Gasteiger partial charge in [0, 0.05) is 54.6 Å². The van der Waals surface area contributed by atoms with Gasteiger partial charge in [0.05, 0.1) is 19.3 Å². The van der Waals surface area contributed by atoms with Crippen molar-refractivity contribution >= 4 is 5.82 Å². The minimum absolute atomic E-state index is 0.422. The van der Waals surface area contributed by atoms with Crippen LogP contribution in [0.4, 0.5) is 5.82 Å². The van der Waals surface area contributed by atoms with E-state index in [1.165, 1.54) is 0 Å². The lowest BCUT2D eigenvalue weighted by Crippen LogP contribution is -2.48. The smallest absolute Gasteiger partial charge is 0.161 e. The van der Waals surface area contributed by atoms with Crippen LogP contribution in [0.25, 0.3) is 11.4 Å². The highest BCUT2D eigenvalue weighted by molar-refractivity contribution is 5.60. The highest BCUT2D eigenvalue weighted by Crippen LogP contribution is 2.33. The van der Waals surface area contributed by atoms with Crippen molar-refractivity contribution in [3.05, 3.63) is 53.7 Å². The zero-order valence-corrected chi connectivity index (χ0v) is 16.2. The fourth-order valence-electron chi connectivity index (χ4n) is 3.47. The summed E-state index contributed by atoms with van der Waals surface area (Å²) in [4.78, 5) is 16.0. The first-order valence-corrected chi connectivity index (χ1v) is 9.10. The normalized spacial score (nSPS) is 20.1. The van der Waals surface area contributed by atoms with E-state index >= 15 is 0 Å². The molecule has 0 amide bonds. The van der Waals surface area contributed by atoms with Crippen molar-refractivity contribution in [3.63, 3.8) is 0 Å². The monoisotopic (exact) mass is 364 g/mol. The van der Waals surface area contributed by atoms with Crippen LogP contribution in [0.3, 0.4) is 0 Å². The van der Waals surface area contributed by atoms with E-state index in [9.17, 15) is 0 Å². The minimum atomic E-state index is -0.422. The molecular weight excluding hydrogens is 340 g/mol. The highest BCUT2D eigenvalue weighted by Gasteiger charge is 2.36. The maximum absolute atomic E-state index is 6.15. The Morgan fingerprint density at radius 3 is 2.63 bits per heavy atom. The predicted molar refractivity (Wildman–Crippen MR) is 103 cm³/mol. The molecule has 1 fully saturated rings. The number of anilines is 1. The van der Waals surface area contributed by atoms with Crippen LogP contribution >= 0.6 is 0 Å². The number of hydrogen-bond donors (Lipinski definition) is 0. The van der Waals surface area contributed by atoms with Crippen LogP contribution in [-0.4, -0.2) is 44.4 Å². The SMILES string of the molecule is Cc1nc(-c2ccncc2)nc(N2CCOC(C)(c3cnn(C)c3)C2)c1C. The fourth-order valence-corrected chi connectivity index (χ4v) is 3.47. The van der Waals surface area contributed by atoms with Crippen molar-refractivity contribution in [3.8, 4) is 11.4 Å². The molecule has 4 rings (SSSR count). The first-order valence-electron chi connectivity index (χ1n) is 9.10. The Balaban J connectivity index is 1.71. The number of pyridine rings is 1. The van der Waals surface area contributed by atoms with Gasteiger partial charge in [-0.15, -0.1) is 0 Å². The Morgan fingerprint density at radius 2 is 1.93 bits per heavy atom. The van der Waals surface area contributed by atoms with E-state index in [4.69, 9.17) is 9.72 Å². The second kappa shape index (κ2) is 6.74. The molecule has 7 heteroatoms. The Morgan fingerprint density at radius 1 is 1.15 bits per heavy atom. The Bertz CT molecular complexity index is 954. The summed E-state index contributed by atoms with van der Waals surface area (Å²) in [7, 11) is 1.92. The second-order valence-corrected chi connectivity index (χ2v) is 7.22. The molecule has 1 aliphatic rings. The molecule has 1 saturated heterocycles. The molecule has 1 unspecified atom stereocenters. The summed E-state index contributed by atoms with van der Waals surface area (Å²) in [6, 6.07) is 3.87. The molecule has 0 N–H and O–H groups in total.